The van der Waals surface area contributed by atoms with Gasteiger partial charge in [-0.25, -0.2) is 0 Å². The highest BCUT2D eigenvalue weighted by Gasteiger charge is 2.31. The molecule has 7 heteroatoms. The van der Waals surface area contributed by atoms with Gasteiger partial charge in [-0.2, -0.15) is 0 Å². The Morgan fingerprint density at radius 3 is 2.78 bits per heavy atom. The summed E-state index contributed by atoms with van der Waals surface area (Å²) in [4.78, 5) is 32.7. The van der Waals surface area contributed by atoms with Crippen molar-refractivity contribution in [3.8, 4) is 0 Å². The summed E-state index contributed by atoms with van der Waals surface area (Å²) in [5, 5.41) is 3.06. The monoisotopic (exact) mass is 374 g/mol. The Kier molecular flexibility index (Phi) is 7.18. The van der Waals surface area contributed by atoms with E-state index in [9.17, 15) is 9.59 Å². The van der Waals surface area contributed by atoms with E-state index in [0.29, 0.717) is 19.1 Å². The zero-order chi connectivity index (χ0) is 19.1. The van der Waals surface area contributed by atoms with Gasteiger partial charge in [0.1, 0.15) is 0 Å². The van der Waals surface area contributed by atoms with Crippen LogP contribution in [0, 0.1) is 5.92 Å². The molecule has 7 nitrogen and oxygen atoms in total. The molecule has 0 bridgehead atoms. The third-order valence-corrected chi connectivity index (χ3v) is 5.67. The van der Waals surface area contributed by atoms with Crippen LogP contribution >= 0.6 is 0 Å². The minimum Gasteiger partial charge on any atom is -0.468 e. The number of nitrogens with zero attached hydrogens (tertiary/aromatic N) is 3. The number of ether oxygens (including phenoxy) is 1. The molecule has 2 fully saturated rings. The minimum absolute atomic E-state index is 0.0588. The fraction of sp³-hybridized carbons (Fsp3) is 0.650. The van der Waals surface area contributed by atoms with Gasteiger partial charge < -0.3 is 10.1 Å². The number of carbonyl (C=O) groups is 2. The van der Waals surface area contributed by atoms with Gasteiger partial charge in [-0.05, 0) is 43.9 Å². The van der Waals surface area contributed by atoms with Gasteiger partial charge in [-0.1, -0.05) is 6.07 Å². The second kappa shape index (κ2) is 9.80. The van der Waals surface area contributed by atoms with E-state index in [1.165, 1.54) is 7.11 Å². The number of amides is 1. The summed E-state index contributed by atoms with van der Waals surface area (Å²) in [6.07, 6.45) is 7.63. The molecule has 1 aromatic rings. The average Bonchev–Trinajstić information content (AvgIpc) is 2.73. The van der Waals surface area contributed by atoms with Crippen molar-refractivity contribution in [1.29, 1.82) is 0 Å². The highest BCUT2D eigenvalue weighted by atomic mass is 16.5. The van der Waals surface area contributed by atoms with Crippen LogP contribution in [0.2, 0.25) is 0 Å². The molecule has 0 saturated carbocycles. The largest absolute Gasteiger partial charge is 0.468 e. The molecule has 0 radical (unpaired) electrons. The smallest absolute Gasteiger partial charge is 0.319 e. The SMILES string of the molecule is COC(=O)CN1CCC(N2CCC[C@H](C(=O)NCc3cccnc3)C2)CC1. The van der Waals surface area contributed by atoms with Gasteiger partial charge in [0.15, 0.2) is 0 Å². The Morgan fingerprint density at radius 2 is 2.07 bits per heavy atom. The van der Waals surface area contributed by atoms with E-state index in [1.54, 1.807) is 12.4 Å². The van der Waals surface area contributed by atoms with E-state index in [2.05, 4.69) is 20.1 Å². The molecule has 0 spiro atoms. The molecule has 0 aliphatic carbocycles. The van der Waals surface area contributed by atoms with Gasteiger partial charge >= 0.3 is 5.97 Å². The summed E-state index contributed by atoms with van der Waals surface area (Å²) in [5.41, 5.74) is 1.02. The van der Waals surface area contributed by atoms with Crippen molar-refractivity contribution in [2.45, 2.75) is 38.3 Å². The maximum absolute atomic E-state index is 12.6. The number of rotatable bonds is 6. The summed E-state index contributed by atoms with van der Waals surface area (Å²) in [7, 11) is 1.43. The highest BCUT2D eigenvalue weighted by molar-refractivity contribution is 5.79. The van der Waals surface area contributed by atoms with E-state index >= 15 is 0 Å². The molecule has 3 rings (SSSR count). The Morgan fingerprint density at radius 1 is 1.26 bits per heavy atom. The van der Waals surface area contributed by atoms with Crippen molar-refractivity contribution in [2.24, 2.45) is 5.92 Å². The lowest BCUT2D eigenvalue weighted by Crippen LogP contribution is -2.51. The van der Waals surface area contributed by atoms with Gasteiger partial charge in [-0.3, -0.25) is 24.4 Å². The number of hydrogen-bond donors (Lipinski definition) is 1. The first-order valence-corrected chi connectivity index (χ1v) is 9.85. The Bertz CT molecular complexity index is 617. The molecule has 0 unspecified atom stereocenters. The van der Waals surface area contributed by atoms with Gasteiger partial charge in [-0.15, -0.1) is 0 Å². The van der Waals surface area contributed by atoms with E-state index < -0.39 is 0 Å². The highest BCUT2D eigenvalue weighted by Crippen LogP contribution is 2.24. The van der Waals surface area contributed by atoms with E-state index in [4.69, 9.17) is 4.74 Å². The van der Waals surface area contributed by atoms with Crippen LogP contribution in [0.4, 0.5) is 0 Å². The molecular formula is C20H30N4O3. The van der Waals surface area contributed by atoms with E-state index in [1.807, 2.05) is 12.1 Å². The summed E-state index contributed by atoms with van der Waals surface area (Å²) in [6, 6.07) is 4.37. The first-order valence-electron chi connectivity index (χ1n) is 9.85. The molecule has 1 aromatic heterocycles. The van der Waals surface area contributed by atoms with Gasteiger partial charge in [0.2, 0.25) is 5.91 Å². The molecule has 2 saturated heterocycles. The number of carbonyl (C=O) groups excluding carboxylic acids is 2. The van der Waals surface area contributed by atoms with Crippen LogP contribution in [0.15, 0.2) is 24.5 Å². The first-order chi connectivity index (χ1) is 13.2. The molecule has 0 aromatic carbocycles. The molecule has 1 N–H and O–H groups in total. The van der Waals surface area contributed by atoms with Crippen molar-refractivity contribution in [1.82, 2.24) is 20.1 Å². The standard InChI is InChI=1S/C20H30N4O3/c1-27-19(25)15-23-10-6-18(7-11-23)24-9-3-5-17(14-24)20(26)22-13-16-4-2-8-21-12-16/h2,4,8,12,17-18H,3,5-7,9-11,13-15H2,1H3,(H,22,26)/t17-/m0/s1. The Hall–Kier alpha value is -1.99. The molecular weight excluding hydrogens is 344 g/mol. The second-order valence-electron chi connectivity index (χ2n) is 7.50. The minimum atomic E-state index is -0.170. The molecule has 1 amide bonds. The molecule has 3 heterocycles. The van der Waals surface area contributed by atoms with Crippen LogP contribution in [0.25, 0.3) is 0 Å². The third-order valence-electron chi connectivity index (χ3n) is 5.67. The van der Waals surface area contributed by atoms with Crippen molar-refractivity contribution in [3.05, 3.63) is 30.1 Å². The maximum Gasteiger partial charge on any atom is 0.319 e. The van der Waals surface area contributed by atoms with Crippen LogP contribution in [-0.4, -0.2) is 72.5 Å². The van der Waals surface area contributed by atoms with Crippen LogP contribution in [-0.2, 0) is 20.9 Å². The van der Waals surface area contributed by atoms with Crippen LogP contribution in [0.1, 0.15) is 31.2 Å². The van der Waals surface area contributed by atoms with Crippen molar-refractivity contribution in [3.63, 3.8) is 0 Å². The summed E-state index contributed by atoms with van der Waals surface area (Å²) in [5.74, 6) is 0.0342. The second-order valence-corrected chi connectivity index (χ2v) is 7.50. The van der Waals surface area contributed by atoms with Gasteiger partial charge in [0, 0.05) is 44.6 Å². The molecule has 1 atom stereocenters. The van der Waals surface area contributed by atoms with E-state index in [-0.39, 0.29) is 17.8 Å². The number of piperidine rings is 2. The first kappa shape index (κ1) is 19.8. The molecule has 27 heavy (non-hydrogen) atoms. The van der Waals surface area contributed by atoms with Crippen molar-refractivity contribution in [2.75, 3.05) is 39.8 Å². The lowest BCUT2D eigenvalue weighted by atomic mass is 9.93. The zero-order valence-corrected chi connectivity index (χ0v) is 16.1. The van der Waals surface area contributed by atoms with Crippen molar-refractivity contribution < 1.29 is 14.3 Å². The summed E-state index contributed by atoms with van der Waals surface area (Å²) in [6.45, 7) is 4.63. The van der Waals surface area contributed by atoms with Crippen molar-refractivity contribution >= 4 is 11.9 Å². The average molecular weight is 374 g/mol. The van der Waals surface area contributed by atoms with Crippen LogP contribution in [0.3, 0.4) is 0 Å². The number of pyridine rings is 1. The number of nitrogens with one attached hydrogen (secondary N) is 1. The summed E-state index contributed by atoms with van der Waals surface area (Å²) >= 11 is 0. The molecule has 148 valence electrons. The van der Waals surface area contributed by atoms with E-state index in [0.717, 1.165) is 57.4 Å². The predicted molar refractivity (Wildman–Crippen MR) is 102 cm³/mol. The number of likely N-dealkylation sites (tertiary alicyclic amines) is 2. The maximum atomic E-state index is 12.6. The van der Waals surface area contributed by atoms with Crippen LogP contribution in [0.5, 0.6) is 0 Å². The number of esters is 1. The number of hydrogen-bond acceptors (Lipinski definition) is 6. The lowest BCUT2D eigenvalue weighted by molar-refractivity contribution is -0.142. The third kappa shape index (κ3) is 5.74. The fourth-order valence-electron chi connectivity index (χ4n) is 4.08. The zero-order valence-electron chi connectivity index (χ0n) is 16.1. The lowest BCUT2D eigenvalue weighted by Gasteiger charge is -2.41. The van der Waals surface area contributed by atoms with Gasteiger partial charge in [0.25, 0.3) is 0 Å². The Balaban J connectivity index is 1.44. The summed E-state index contributed by atoms with van der Waals surface area (Å²) < 4.78 is 4.75. The topological polar surface area (TPSA) is 74.8 Å². The molecule has 2 aliphatic rings. The number of aromatic nitrogens is 1. The van der Waals surface area contributed by atoms with Crippen LogP contribution < -0.4 is 5.32 Å². The number of methoxy groups -OCH3 is 1. The Labute approximate surface area is 161 Å². The molecule has 2 aliphatic heterocycles. The quantitative estimate of drug-likeness (QED) is 0.750. The normalized spacial score (nSPS) is 22.3. The van der Waals surface area contributed by atoms with Gasteiger partial charge in [0.05, 0.1) is 19.6 Å². The predicted octanol–water partition coefficient (Wildman–Crippen LogP) is 1.05. The fourth-order valence-corrected chi connectivity index (χ4v) is 4.08.